The van der Waals surface area contributed by atoms with Gasteiger partial charge in [-0.1, -0.05) is 26.0 Å². The number of aliphatic hydroxyl groups excluding tert-OH is 1. The van der Waals surface area contributed by atoms with Gasteiger partial charge in [0, 0.05) is 0 Å². The van der Waals surface area contributed by atoms with Crippen LogP contribution < -0.4 is 5.73 Å². The molecule has 0 bridgehead atoms. The SMILES string of the molecule is CCC(CO)n1nnc(C(N)=O)c1CCC(C)C. The number of rotatable bonds is 7. The molecule has 102 valence electrons. The van der Waals surface area contributed by atoms with Gasteiger partial charge in [-0.2, -0.15) is 0 Å². The van der Waals surface area contributed by atoms with E-state index in [-0.39, 0.29) is 18.3 Å². The van der Waals surface area contributed by atoms with Crippen LogP contribution in [0.4, 0.5) is 0 Å². The van der Waals surface area contributed by atoms with Crippen LogP contribution in [0, 0.1) is 5.92 Å². The van der Waals surface area contributed by atoms with Crippen LogP contribution in [0.3, 0.4) is 0 Å². The van der Waals surface area contributed by atoms with E-state index < -0.39 is 5.91 Å². The van der Waals surface area contributed by atoms with Crippen molar-refractivity contribution in [1.82, 2.24) is 15.0 Å². The molecule has 1 aromatic heterocycles. The van der Waals surface area contributed by atoms with Crippen LogP contribution in [0.5, 0.6) is 0 Å². The molecule has 0 aliphatic heterocycles. The first kappa shape index (κ1) is 14.6. The van der Waals surface area contributed by atoms with Crippen LogP contribution in [0.1, 0.15) is 55.8 Å². The highest BCUT2D eigenvalue weighted by Gasteiger charge is 2.21. The molecule has 1 unspecified atom stereocenters. The second kappa shape index (κ2) is 6.49. The van der Waals surface area contributed by atoms with E-state index in [1.165, 1.54) is 0 Å². The molecule has 0 radical (unpaired) electrons. The second-order valence-electron chi connectivity index (χ2n) is 4.87. The number of aliphatic hydroxyl groups is 1. The van der Waals surface area contributed by atoms with Crippen LogP contribution in [0.2, 0.25) is 0 Å². The summed E-state index contributed by atoms with van der Waals surface area (Å²) < 4.78 is 1.64. The van der Waals surface area contributed by atoms with Gasteiger partial charge in [-0.05, 0) is 25.2 Å². The maximum atomic E-state index is 11.3. The summed E-state index contributed by atoms with van der Waals surface area (Å²) in [6.07, 6.45) is 2.35. The van der Waals surface area contributed by atoms with Crippen molar-refractivity contribution in [3.8, 4) is 0 Å². The number of amides is 1. The number of hydrogen-bond donors (Lipinski definition) is 2. The van der Waals surface area contributed by atoms with E-state index >= 15 is 0 Å². The van der Waals surface area contributed by atoms with Crippen LogP contribution >= 0.6 is 0 Å². The molecule has 1 heterocycles. The Morgan fingerprint density at radius 1 is 1.50 bits per heavy atom. The fourth-order valence-corrected chi connectivity index (χ4v) is 1.84. The van der Waals surface area contributed by atoms with Crippen molar-refractivity contribution in [2.45, 2.75) is 46.1 Å². The highest BCUT2D eigenvalue weighted by Crippen LogP contribution is 2.18. The molecule has 0 aliphatic rings. The van der Waals surface area contributed by atoms with Crippen molar-refractivity contribution >= 4 is 5.91 Å². The molecule has 0 spiro atoms. The Labute approximate surface area is 107 Å². The molecule has 0 saturated carbocycles. The third kappa shape index (κ3) is 3.29. The first-order valence-electron chi connectivity index (χ1n) is 6.35. The van der Waals surface area contributed by atoms with Crippen molar-refractivity contribution in [2.75, 3.05) is 6.61 Å². The Balaban J connectivity index is 3.06. The zero-order valence-corrected chi connectivity index (χ0v) is 11.3. The average Bonchev–Trinajstić information content (AvgIpc) is 2.72. The molecule has 1 aromatic rings. The molecular weight excluding hydrogens is 232 g/mol. The quantitative estimate of drug-likeness (QED) is 0.756. The minimum Gasteiger partial charge on any atom is -0.394 e. The summed E-state index contributed by atoms with van der Waals surface area (Å²) in [7, 11) is 0. The zero-order chi connectivity index (χ0) is 13.7. The predicted molar refractivity (Wildman–Crippen MR) is 68.1 cm³/mol. The van der Waals surface area contributed by atoms with Gasteiger partial charge < -0.3 is 10.8 Å². The summed E-state index contributed by atoms with van der Waals surface area (Å²) in [5, 5.41) is 17.1. The number of primary amides is 1. The normalized spacial score (nSPS) is 12.9. The van der Waals surface area contributed by atoms with Gasteiger partial charge in [0.1, 0.15) is 0 Å². The number of hydrogen-bond acceptors (Lipinski definition) is 4. The van der Waals surface area contributed by atoms with E-state index in [2.05, 4.69) is 24.2 Å². The van der Waals surface area contributed by atoms with Gasteiger partial charge in [-0.3, -0.25) is 4.79 Å². The largest absolute Gasteiger partial charge is 0.394 e. The zero-order valence-electron chi connectivity index (χ0n) is 11.3. The Morgan fingerprint density at radius 2 is 2.17 bits per heavy atom. The first-order chi connectivity index (χ1) is 8.51. The predicted octanol–water partition coefficient (Wildman–Crippen LogP) is 0.909. The fraction of sp³-hybridized carbons (Fsp3) is 0.750. The lowest BCUT2D eigenvalue weighted by molar-refractivity contribution is 0.0994. The summed E-state index contributed by atoms with van der Waals surface area (Å²) in [5.41, 5.74) is 6.26. The molecule has 1 rings (SSSR count). The molecule has 6 heteroatoms. The highest BCUT2D eigenvalue weighted by atomic mass is 16.3. The average molecular weight is 254 g/mol. The minimum atomic E-state index is -0.562. The van der Waals surface area contributed by atoms with E-state index in [0.717, 1.165) is 18.5 Å². The lowest BCUT2D eigenvalue weighted by atomic mass is 10.0. The van der Waals surface area contributed by atoms with Gasteiger partial charge in [0.2, 0.25) is 0 Å². The van der Waals surface area contributed by atoms with Crippen molar-refractivity contribution in [3.05, 3.63) is 11.4 Å². The highest BCUT2D eigenvalue weighted by molar-refractivity contribution is 5.91. The standard InChI is InChI=1S/C12H22N4O2/c1-4-9(7-17)16-10(6-5-8(2)3)11(12(13)18)14-15-16/h8-9,17H,4-7H2,1-3H3,(H2,13,18). The van der Waals surface area contributed by atoms with E-state index in [9.17, 15) is 9.90 Å². The third-order valence-electron chi connectivity index (χ3n) is 3.01. The van der Waals surface area contributed by atoms with Gasteiger partial charge in [-0.15, -0.1) is 5.10 Å². The van der Waals surface area contributed by atoms with E-state index in [4.69, 9.17) is 5.73 Å². The van der Waals surface area contributed by atoms with Crippen molar-refractivity contribution < 1.29 is 9.90 Å². The number of carbonyl (C=O) groups is 1. The summed E-state index contributed by atoms with van der Waals surface area (Å²) in [6.45, 7) is 6.16. The van der Waals surface area contributed by atoms with E-state index in [1.54, 1.807) is 4.68 Å². The summed E-state index contributed by atoms with van der Waals surface area (Å²) >= 11 is 0. The maximum absolute atomic E-state index is 11.3. The lowest BCUT2D eigenvalue weighted by Crippen LogP contribution is -2.19. The molecule has 0 aliphatic carbocycles. The van der Waals surface area contributed by atoms with E-state index in [0.29, 0.717) is 12.3 Å². The monoisotopic (exact) mass is 254 g/mol. The molecule has 0 saturated heterocycles. The Morgan fingerprint density at radius 3 is 2.61 bits per heavy atom. The third-order valence-corrected chi connectivity index (χ3v) is 3.01. The minimum absolute atomic E-state index is 0.0211. The summed E-state index contributed by atoms with van der Waals surface area (Å²) in [5.74, 6) is -0.0453. The summed E-state index contributed by atoms with van der Waals surface area (Å²) in [6, 6.07) is -0.146. The van der Waals surface area contributed by atoms with Crippen LogP contribution in [0.15, 0.2) is 0 Å². The number of nitrogens with two attached hydrogens (primary N) is 1. The van der Waals surface area contributed by atoms with Crippen LogP contribution in [-0.4, -0.2) is 32.6 Å². The van der Waals surface area contributed by atoms with Crippen LogP contribution in [-0.2, 0) is 6.42 Å². The van der Waals surface area contributed by atoms with Gasteiger partial charge in [0.25, 0.3) is 5.91 Å². The lowest BCUT2D eigenvalue weighted by Gasteiger charge is -2.15. The van der Waals surface area contributed by atoms with E-state index in [1.807, 2.05) is 6.92 Å². The number of carbonyl (C=O) groups excluding carboxylic acids is 1. The van der Waals surface area contributed by atoms with Crippen molar-refractivity contribution in [3.63, 3.8) is 0 Å². The van der Waals surface area contributed by atoms with Gasteiger partial charge in [-0.25, -0.2) is 4.68 Å². The molecular formula is C12H22N4O2. The molecule has 6 nitrogen and oxygen atoms in total. The van der Waals surface area contributed by atoms with Gasteiger partial charge in [0.05, 0.1) is 18.3 Å². The molecule has 0 aromatic carbocycles. The smallest absolute Gasteiger partial charge is 0.271 e. The maximum Gasteiger partial charge on any atom is 0.271 e. The Bertz CT molecular complexity index is 397. The van der Waals surface area contributed by atoms with Crippen LogP contribution in [0.25, 0.3) is 0 Å². The topological polar surface area (TPSA) is 94.0 Å². The van der Waals surface area contributed by atoms with Crippen molar-refractivity contribution in [2.24, 2.45) is 11.7 Å². The molecule has 1 atom stereocenters. The fourth-order valence-electron chi connectivity index (χ4n) is 1.84. The number of aromatic nitrogens is 3. The second-order valence-corrected chi connectivity index (χ2v) is 4.87. The molecule has 3 N–H and O–H groups in total. The first-order valence-corrected chi connectivity index (χ1v) is 6.35. The Hall–Kier alpha value is -1.43. The van der Waals surface area contributed by atoms with Crippen molar-refractivity contribution in [1.29, 1.82) is 0 Å². The molecule has 0 fully saturated rings. The molecule has 1 amide bonds. The van der Waals surface area contributed by atoms with Gasteiger partial charge in [0.15, 0.2) is 5.69 Å². The molecule has 18 heavy (non-hydrogen) atoms. The Kier molecular flexibility index (Phi) is 5.27. The summed E-state index contributed by atoms with van der Waals surface area (Å²) in [4.78, 5) is 11.3. The van der Waals surface area contributed by atoms with Gasteiger partial charge >= 0.3 is 0 Å². The number of nitrogens with zero attached hydrogens (tertiary/aromatic N) is 3.